The molecule has 1 saturated heterocycles. The molecule has 0 saturated carbocycles. The number of anilines is 1. The van der Waals surface area contributed by atoms with Gasteiger partial charge in [-0.2, -0.15) is 0 Å². The number of carbonyl (C=O) groups excluding carboxylic acids is 1. The van der Waals surface area contributed by atoms with Gasteiger partial charge in [0.05, 0.1) is 11.5 Å². The molecule has 1 atom stereocenters. The first-order valence-electron chi connectivity index (χ1n) is 10.3. The van der Waals surface area contributed by atoms with Crippen molar-refractivity contribution in [2.75, 3.05) is 37.1 Å². The second kappa shape index (κ2) is 9.51. The quantitative estimate of drug-likeness (QED) is 0.644. The molecule has 3 rings (SSSR count). The molecule has 1 fully saturated rings. The van der Waals surface area contributed by atoms with Gasteiger partial charge in [0.25, 0.3) is 5.91 Å². The first-order chi connectivity index (χ1) is 14.3. The average Bonchev–Trinajstić information content (AvgIpc) is 3.10. The summed E-state index contributed by atoms with van der Waals surface area (Å²) in [7, 11) is 0.841. The summed E-state index contributed by atoms with van der Waals surface area (Å²) >= 11 is 0. The first-order valence-corrected chi connectivity index (χ1v) is 12.1. The normalized spacial score (nSPS) is 17.5. The number of hydrogen-bond acceptors (Lipinski definition) is 5. The van der Waals surface area contributed by atoms with Gasteiger partial charge in [0.1, 0.15) is 5.75 Å². The predicted molar refractivity (Wildman–Crippen MR) is 120 cm³/mol. The van der Waals surface area contributed by atoms with Crippen LogP contribution in [-0.4, -0.2) is 57.5 Å². The third kappa shape index (κ3) is 5.75. The minimum absolute atomic E-state index is 0.0136. The second-order valence-electron chi connectivity index (χ2n) is 7.93. The predicted octanol–water partition coefficient (Wildman–Crippen LogP) is 2.91. The van der Waals surface area contributed by atoms with Crippen molar-refractivity contribution in [3.63, 3.8) is 0 Å². The van der Waals surface area contributed by atoms with E-state index in [9.17, 15) is 13.2 Å². The third-order valence-electron chi connectivity index (χ3n) is 5.47. The van der Waals surface area contributed by atoms with E-state index in [1.165, 1.54) is 5.56 Å². The highest BCUT2D eigenvalue weighted by Gasteiger charge is 2.34. The Labute approximate surface area is 179 Å². The Balaban J connectivity index is 1.72. The molecule has 0 aliphatic carbocycles. The van der Waals surface area contributed by atoms with Crippen LogP contribution in [0.1, 0.15) is 24.5 Å². The number of sulfone groups is 1. The lowest BCUT2D eigenvalue weighted by Gasteiger charge is -2.28. The number of benzene rings is 2. The van der Waals surface area contributed by atoms with Gasteiger partial charge in [-0.1, -0.05) is 31.2 Å². The summed E-state index contributed by atoms with van der Waals surface area (Å²) in [6.45, 7) is 2.33. The lowest BCUT2D eigenvalue weighted by Crippen LogP contribution is -2.43. The number of amides is 1. The van der Waals surface area contributed by atoms with Crippen molar-refractivity contribution in [2.24, 2.45) is 0 Å². The molecule has 2 aromatic rings. The number of hydrogen-bond donors (Lipinski definition) is 0. The lowest BCUT2D eigenvalue weighted by molar-refractivity contribution is -0.136. The van der Waals surface area contributed by atoms with Crippen LogP contribution >= 0.6 is 0 Å². The van der Waals surface area contributed by atoms with Gasteiger partial charge in [-0.3, -0.25) is 4.79 Å². The van der Waals surface area contributed by atoms with Gasteiger partial charge in [-0.25, -0.2) is 8.42 Å². The Kier molecular flexibility index (Phi) is 7.02. The lowest BCUT2D eigenvalue weighted by atomic mass is 10.1. The van der Waals surface area contributed by atoms with Crippen molar-refractivity contribution in [1.29, 1.82) is 0 Å². The zero-order chi connectivity index (χ0) is 21.7. The van der Waals surface area contributed by atoms with Crippen molar-refractivity contribution in [1.82, 2.24) is 4.90 Å². The molecule has 0 bridgehead atoms. The maximum absolute atomic E-state index is 13.0. The van der Waals surface area contributed by atoms with Crippen molar-refractivity contribution in [3.8, 4) is 5.75 Å². The Morgan fingerprint density at radius 3 is 2.20 bits per heavy atom. The van der Waals surface area contributed by atoms with E-state index in [4.69, 9.17) is 4.74 Å². The van der Waals surface area contributed by atoms with Crippen LogP contribution in [0.3, 0.4) is 0 Å². The highest BCUT2D eigenvalue weighted by atomic mass is 32.2. The van der Waals surface area contributed by atoms with E-state index in [0.29, 0.717) is 18.7 Å². The molecule has 162 valence electrons. The molecule has 0 radical (unpaired) electrons. The van der Waals surface area contributed by atoms with Gasteiger partial charge in [-0.05, 0) is 48.2 Å². The molecule has 2 aromatic carbocycles. The summed E-state index contributed by atoms with van der Waals surface area (Å²) in [4.78, 5) is 16.7. The summed E-state index contributed by atoms with van der Waals surface area (Å²) < 4.78 is 29.7. The van der Waals surface area contributed by atoms with E-state index in [2.05, 4.69) is 6.92 Å². The molecule has 1 amide bonds. The fraction of sp³-hybridized carbons (Fsp3) is 0.435. The van der Waals surface area contributed by atoms with Crippen LogP contribution in [-0.2, 0) is 27.6 Å². The van der Waals surface area contributed by atoms with E-state index in [1.54, 1.807) is 4.90 Å². The summed E-state index contributed by atoms with van der Waals surface area (Å²) in [5.74, 6) is 0.573. The van der Waals surface area contributed by atoms with Crippen LogP contribution in [0.25, 0.3) is 0 Å². The Morgan fingerprint density at radius 1 is 1.03 bits per heavy atom. The molecule has 1 unspecified atom stereocenters. The summed E-state index contributed by atoms with van der Waals surface area (Å²) in [6, 6.07) is 15.3. The van der Waals surface area contributed by atoms with E-state index in [0.717, 1.165) is 17.7 Å². The smallest absolute Gasteiger partial charge is 0.261 e. The number of carbonyl (C=O) groups is 1. The van der Waals surface area contributed by atoms with Gasteiger partial charge >= 0.3 is 0 Å². The van der Waals surface area contributed by atoms with Crippen LogP contribution in [0, 0.1) is 0 Å². The molecular formula is C23H30N2O4S. The molecule has 6 nitrogen and oxygen atoms in total. The standard InChI is InChI=1S/C23H30N2O4S/c1-4-18-7-11-22(12-8-18)29-16-23(26)25(21-13-14-30(27,28)17-21)15-19-5-9-20(10-6-19)24(2)3/h5-12,21H,4,13-17H2,1-3H3. The third-order valence-corrected chi connectivity index (χ3v) is 7.22. The topological polar surface area (TPSA) is 66.9 Å². The Hall–Kier alpha value is -2.54. The molecular weight excluding hydrogens is 400 g/mol. The highest BCUT2D eigenvalue weighted by molar-refractivity contribution is 7.91. The first kappa shape index (κ1) is 22.2. The van der Waals surface area contributed by atoms with Crippen LogP contribution in [0.2, 0.25) is 0 Å². The van der Waals surface area contributed by atoms with E-state index >= 15 is 0 Å². The zero-order valence-corrected chi connectivity index (χ0v) is 18.7. The van der Waals surface area contributed by atoms with Crippen LogP contribution < -0.4 is 9.64 Å². The molecule has 0 spiro atoms. The molecule has 0 N–H and O–H groups in total. The largest absolute Gasteiger partial charge is 0.484 e. The molecule has 1 aliphatic heterocycles. The van der Waals surface area contributed by atoms with Gasteiger partial charge in [0.2, 0.25) is 0 Å². The average molecular weight is 431 g/mol. The van der Waals surface area contributed by atoms with E-state index in [1.807, 2.05) is 67.5 Å². The second-order valence-corrected chi connectivity index (χ2v) is 10.2. The van der Waals surface area contributed by atoms with Crippen molar-refractivity contribution in [3.05, 3.63) is 59.7 Å². The van der Waals surface area contributed by atoms with E-state index in [-0.39, 0.29) is 30.1 Å². The minimum Gasteiger partial charge on any atom is -0.484 e. The Bertz CT molecular complexity index is 954. The summed E-state index contributed by atoms with van der Waals surface area (Å²) in [6.07, 6.45) is 1.41. The van der Waals surface area contributed by atoms with Crippen LogP contribution in [0.4, 0.5) is 5.69 Å². The fourth-order valence-corrected chi connectivity index (χ4v) is 5.32. The maximum atomic E-state index is 13.0. The van der Waals surface area contributed by atoms with E-state index < -0.39 is 9.84 Å². The molecule has 1 heterocycles. The number of nitrogens with zero attached hydrogens (tertiary/aromatic N) is 2. The number of ether oxygens (including phenoxy) is 1. The van der Waals surface area contributed by atoms with Crippen LogP contribution in [0.5, 0.6) is 5.75 Å². The van der Waals surface area contributed by atoms with Gasteiger partial charge in [0.15, 0.2) is 16.4 Å². The maximum Gasteiger partial charge on any atom is 0.261 e. The van der Waals surface area contributed by atoms with Gasteiger partial charge in [0, 0.05) is 32.4 Å². The number of aryl methyl sites for hydroxylation is 1. The van der Waals surface area contributed by atoms with Gasteiger partial charge < -0.3 is 14.5 Å². The minimum atomic E-state index is -3.10. The molecule has 30 heavy (non-hydrogen) atoms. The highest BCUT2D eigenvalue weighted by Crippen LogP contribution is 2.22. The van der Waals surface area contributed by atoms with Crippen molar-refractivity contribution >= 4 is 21.4 Å². The SMILES string of the molecule is CCc1ccc(OCC(=O)N(Cc2ccc(N(C)C)cc2)C2CCS(=O)(=O)C2)cc1. The fourth-order valence-electron chi connectivity index (χ4n) is 3.59. The van der Waals surface area contributed by atoms with Crippen molar-refractivity contribution < 1.29 is 17.9 Å². The Morgan fingerprint density at radius 2 is 1.67 bits per heavy atom. The van der Waals surface area contributed by atoms with Crippen molar-refractivity contribution in [2.45, 2.75) is 32.4 Å². The van der Waals surface area contributed by atoms with Gasteiger partial charge in [-0.15, -0.1) is 0 Å². The summed E-state index contributed by atoms with van der Waals surface area (Å²) in [5, 5.41) is 0. The molecule has 0 aromatic heterocycles. The zero-order valence-electron chi connectivity index (χ0n) is 17.9. The molecule has 1 aliphatic rings. The molecule has 7 heteroatoms. The number of rotatable bonds is 8. The monoisotopic (exact) mass is 430 g/mol. The van der Waals surface area contributed by atoms with Crippen LogP contribution in [0.15, 0.2) is 48.5 Å². The summed E-state index contributed by atoms with van der Waals surface area (Å²) in [5.41, 5.74) is 3.23.